The number of nitrogens with one attached hydrogen (secondary N) is 1. The topological polar surface area (TPSA) is 49.3 Å². The molecule has 0 fully saturated rings. The molecule has 0 aliphatic carbocycles. The number of hydrogen-bond acceptors (Lipinski definition) is 3. The molecule has 98 valence electrons. The zero-order valence-electron chi connectivity index (χ0n) is 10.8. The minimum atomic E-state index is -0.143. The number of amides is 1. The van der Waals surface area contributed by atoms with Crippen LogP contribution in [0.4, 0.5) is 5.69 Å². The first-order chi connectivity index (χ1) is 9.11. The Morgan fingerprint density at radius 2 is 1.95 bits per heavy atom. The van der Waals surface area contributed by atoms with Crippen LogP contribution < -0.4 is 5.32 Å². The van der Waals surface area contributed by atoms with Crippen LogP contribution in [0.5, 0.6) is 5.75 Å². The van der Waals surface area contributed by atoms with Gasteiger partial charge in [-0.15, -0.1) is 11.8 Å². The van der Waals surface area contributed by atoms with Crippen molar-refractivity contribution in [2.75, 3.05) is 11.6 Å². The van der Waals surface area contributed by atoms with Crippen molar-refractivity contribution in [1.82, 2.24) is 0 Å². The number of phenols is 1. The number of carbonyl (C=O) groups excluding carboxylic acids is 1. The lowest BCUT2D eigenvalue weighted by molar-refractivity contribution is 0.102. The van der Waals surface area contributed by atoms with E-state index in [1.807, 2.05) is 24.5 Å². The van der Waals surface area contributed by atoms with Crippen molar-refractivity contribution in [2.45, 2.75) is 11.8 Å². The van der Waals surface area contributed by atoms with Gasteiger partial charge in [-0.1, -0.05) is 12.1 Å². The number of phenolic OH excluding ortho intramolecular Hbond substituents is 1. The third kappa shape index (κ3) is 3.09. The van der Waals surface area contributed by atoms with Gasteiger partial charge in [-0.25, -0.2) is 0 Å². The molecule has 2 aromatic carbocycles. The molecule has 2 N–H and O–H groups in total. The SMILES string of the molecule is CSc1ccccc1C(=O)Nc1ccc(O)c(C)c1. The summed E-state index contributed by atoms with van der Waals surface area (Å²) in [5.74, 6) is 0.0811. The van der Waals surface area contributed by atoms with Gasteiger partial charge in [0.25, 0.3) is 5.91 Å². The first kappa shape index (κ1) is 13.5. The molecule has 0 bridgehead atoms. The van der Waals surface area contributed by atoms with E-state index >= 15 is 0 Å². The normalized spacial score (nSPS) is 10.2. The first-order valence-corrected chi connectivity index (χ1v) is 7.08. The Labute approximate surface area is 116 Å². The Kier molecular flexibility index (Phi) is 4.12. The largest absolute Gasteiger partial charge is 0.508 e. The highest BCUT2D eigenvalue weighted by molar-refractivity contribution is 7.98. The monoisotopic (exact) mass is 273 g/mol. The molecule has 19 heavy (non-hydrogen) atoms. The van der Waals surface area contributed by atoms with Crippen LogP contribution in [0.2, 0.25) is 0 Å². The second kappa shape index (κ2) is 5.80. The van der Waals surface area contributed by atoms with Crippen LogP contribution in [-0.4, -0.2) is 17.3 Å². The Balaban J connectivity index is 2.23. The second-order valence-electron chi connectivity index (χ2n) is 4.16. The number of carbonyl (C=O) groups is 1. The third-order valence-electron chi connectivity index (χ3n) is 2.81. The minimum Gasteiger partial charge on any atom is -0.508 e. The number of aromatic hydroxyl groups is 1. The van der Waals surface area contributed by atoms with Crippen LogP contribution in [0.3, 0.4) is 0 Å². The number of thioether (sulfide) groups is 1. The fraction of sp³-hybridized carbons (Fsp3) is 0.133. The van der Waals surface area contributed by atoms with Crippen molar-refractivity contribution in [3.63, 3.8) is 0 Å². The van der Waals surface area contributed by atoms with Crippen molar-refractivity contribution in [3.05, 3.63) is 53.6 Å². The molecule has 2 rings (SSSR count). The summed E-state index contributed by atoms with van der Waals surface area (Å²) in [4.78, 5) is 13.1. The van der Waals surface area contributed by atoms with E-state index in [1.54, 1.807) is 31.2 Å². The second-order valence-corrected chi connectivity index (χ2v) is 5.00. The van der Waals surface area contributed by atoms with E-state index in [-0.39, 0.29) is 11.7 Å². The van der Waals surface area contributed by atoms with E-state index in [0.29, 0.717) is 11.3 Å². The number of rotatable bonds is 3. The molecule has 4 heteroatoms. The van der Waals surface area contributed by atoms with Gasteiger partial charge in [-0.3, -0.25) is 4.79 Å². The van der Waals surface area contributed by atoms with Crippen LogP contribution in [0.25, 0.3) is 0 Å². The summed E-state index contributed by atoms with van der Waals surface area (Å²) in [5.41, 5.74) is 2.06. The molecular formula is C15H15NO2S. The zero-order valence-corrected chi connectivity index (χ0v) is 11.6. The highest BCUT2D eigenvalue weighted by Gasteiger charge is 2.10. The molecule has 0 saturated heterocycles. The van der Waals surface area contributed by atoms with Gasteiger partial charge < -0.3 is 10.4 Å². The number of aryl methyl sites for hydroxylation is 1. The fourth-order valence-electron chi connectivity index (χ4n) is 1.76. The minimum absolute atomic E-state index is 0.143. The van der Waals surface area contributed by atoms with Crippen molar-refractivity contribution in [1.29, 1.82) is 0 Å². The predicted molar refractivity (Wildman–Crippen MR) is 79.0 cm³/mol. The summed E-state index contributed by atoms with van der Waals surface area (Å²) >= 11 is 1.54. The molecule has 0 unspecified atom stereocenters. The standard InChI is InChI=1S/C15H15NO2S/c1-10-9-11(7-8-13(10)17)16-15(18)12-5-3-4-6-14(12)19-2/h3-9,17H,1-2H3,(H,16,18). The molecule has 0 heterocycles. The van der Waals surface area contributed by atoms with Crippen molar-refractivity contribution in [3.8, 4) is 5.75 Å². The van der Waals surface area contributed by atoms with E-state index in [2.05, 4.69) is 5.32 Å². The van der Waals surface area contributed by atoms with Crippen molar-refractivity contribution < 1.29 is 9.90 Å². The van der Waals surface area contributed by atoms with Crippen molar-refractivity contribution in [2.24, 2.45) is 0 Å². The predicted octanol–water partition coefficient (Wildman–Crippen LogP) is 3.67. The van der Waals surface area contributed by atoms with E-state index in [1.165, 1.54) is 11.8 Å². The lowest BCUT2D eigenvalue weighted by Crippen LogP contribution is -2.12. The molecule has 0 spiro atoms. The highest BCUT2D eigenvalue weighted by Crippen LogP contribution is 2.23. The Morgan fingerprint density at radius 3 is 2.63 bits per heavy atom. The summed E-state index contributed by atoms with van der Waals surface area (Å²) in [6.45, 7) is 1.79. The fourth-order valence-corrected chi connectivity index (χ4v) is 2.36. The highest BCUT2D eigenvalue weighted by atomic mass is 32.2. The zero-order chi connectivity index (χ0) is 13.8. The van der Waals surface area contributed by atoms with Crippen LogP contribution in [0, 0.1) is 6.92 Å². The molecule has 0 saturated carbocycles. The Morgan fingerprint density at radius 1 is 1.21 bits per heavy atom. The maximum absolute atomic E-state index is 12.2. The molecule has 0 atom stereocenters. The lowest BCUT2D eigenvalue weighted by atomic mass is 10.1. The third-order valence-corrected chi connectivity index (χ3v) is 3.60. The van der Waals surface area contributed by atoms with E-state index in [0.717, 1.165) is 10.5 Å². The van der Waals surface area contributed by atoms with Gasteiger partial charge in [0, 0.05) is 10.6 Å². The molecule has 1 amide bonds. The molecular weight excluding hydrogens is 258 g/mol. The average molecular weight is 273 g/mol. The van der Waals surface area contributed by atoms with E-state index in [9.17, 15) is 9.90 Å². The number of hydrogen-bond donors (Lipinski definition) is 2. The quantitative estimate of drug-likeness (QED) is 0.662. The van der Waals surface area contributed by atoms with Crippen molar-refractivity contribution >= 4 is 23.4 Å². The summed E-state index contributed by atoms with van der Waals surface area (Å²) < 4.78 is 0. The van der Waals surface area contributed by atoms with Gasteiger partial charge in [0.2, 0.25) is 0 Å². The van der Waals surface area contributed by atoms with E-state index < -0.39 is 0 Å². The summed E-state index contributed by atoms with van der Waals surface area (Å²) in [6, 6.07) is 12.5. The van der Waals surface area contributed by atoms with Gasteiger partial charge in [0.15, 0.2) is 0 Å². The van der Waals surface area contributed by atoms with Gasteiger partial charge in [-0.05, 0) is 49.1 Å². The smallest absolute Gasteiger partial charge is 0.256 e. The van der Waals surface area contributed by atoms with Crippen LogP contribution in [-0.2, 0) is 0 Å². The Hall–Kier alpha value is -1.94. The van der Waals surface area contributed by atoms with Gasteiger partial charge in [0.05, 0.1) is 5.56 Å². The molecule has 0 aliphatic heterocycles. The van der Waals surface area contributed by atoms with Crippen LogP contribution in [0.1, 0.15) is 15.9 Å². The number of anilines is 1. The summed E-state index contributed by atoms with van der Waals surface area (Å²) in [5, 5.41) is 12.3. The van der Waals surface area contributed by atoms with E-state index in [4.69, 9.17) is 0 Å². The Bertz CT molecular complexity index is 611. The van der Waals surface area contributed by atoms with Crippen LogP contribution in [0.15, 0.2) is 47.4 Å². The lowest BCUT2D eigenvalue weighted by Gasteiger charge is -2.09. The van der Waals surface area contributed by atoms with Crippen LogP contribution >= 0.6 is 11.8 Å². The van der Waals surface area contributed by atoms with Gasteiger partial charge in [-0.2, -0.15) is 0 Å². The maximum atomic E-state index is 12.2. The molecule has 0 radical (unpaired) electrons. The summed E-state index contributed by atoms with van der Waals surface area (Å²) in [6.07, 6.45) is 1.94. The molecule has 3 nitrogen and oxygen atoms in total. The average Bonchev–Trinajstić information content (AvgIpc) is 2.43. The molecule has 0 aliphatic rings. The molecule has 0 aromatic heterocycles. The summed E-state index contributed by atoms with van der Waals surface area (Å²) in [7, 11) is 0. The van der Waals surface area contributed by atoms with Gasteiger partial charge >= 0.3 is 0 Å². The van der Waals surface area contributed by atoms with Gasteiger partial charge in [0.1, 0.15) is 5.75 Å². The maximum Gasteiger partial charge on any atom is 0.256 e. The first-order valence-electron chi connectivity index (χ1n) is 5.86. The number of benzene rings is 2. The molecule has 2 aromatic rings.